The molecule has 2 heteroatoms. The summed E-state index contributed by atoms with van der Waals surface area (Å²) >= 11 is 0. The van der Waals surface area contributed by atoms with Crippen molar-refractivity contribution in [1.29, 1.82) is 0 Å². The highest BCUT2D eigenvalue weighted by atomic mass is 16.1. The zero-order valence-corrected chi connectivity index (χ0v) is 15.3. The van der Waals surface area contributed by atoms with Crippen molar-refractivity contribution in [1.82, 2.24) is 4.98 Å². The van der Waals surface area contributed by atoms with E-state index in [0.717, 1.165) is 29.5 Å². The van der Waals surface area contributed by atoms with Gasteiger partial charge in [0.2, 0.25) is 0 Å². The minimum Gasteiger partial charge on any atom is -0.293 e. The Kier molecular flexibility index (Phi) is 4.72. The first kappa shape index (κ1) is 17.4. The highest BCUT2D eigenvalue weighted by Gasteiger charge is 2.47. The van der Waals surface area contributed by atoms with E-state index in [9.17, 15) is 4.79 Å². The number of carbonyl (C=O) groups excluding carboxylic acids is 1. The van der Waals surface area contributed by atoms with E-state index in [2.05, 4.69) is 35.8 Å². The first-order valence-electron chi connectivity index (χ1n) is 9.44. The van der Waals surface area contributed by atoms with Crippen molar-refractivity contribution in [2.75, 3.05) is 0 Å². The van der Waals surface area contributed by atoms with Gasteiger partial charge < -0.3 is 0 Å². The number of hydrogen-bond acceptors (Lipinski definition) is 2. The number of hydrogen-bond donors (Lipinski definition) is 0. The lowest BCUT2D eigenvalue weighted by Crippen LogP contribution is -2.42. The quantitative estimate of drug-likeness (QED) is 0.574. The second-order valence-electron chi connectivity index (χ2n) is 7.30. The van der Waals surface area contributed by atoms with Gasteiger partial charge >= 0.3 is 0 Å². The van der Waals surface area contributed by atoms with Gasteiger partial charge in [0.1, 0.15) is 0 Å². The molecule has 0 amide bonds. The van der Waals surface area contributed by atoms with Crippen molar-refractivity contribution in [3.05, 3.63) is 114 Å². The molecule has 1 aromatic heterocycles. The number of pyridine rings is 1. The van der Waals surface area contributed by atoms with E-state index in [1.165, 1.54) is 5.56 Å². The third kappa shape index (κ3) is 3.12. The molecule has 0 fully saturated rings. The van der Waals surface area contributed by atoms with Crippen LogP contribution in [0.2, 0.25) is 0 Å². The molecule has 2 atom stereocenters. The molecule has 0 spiro atoms. The summed E-state index contributed by atoms with van der Waals surface area (Å²) in [5.74, 6) is 0.147. The number of ketones is 1. The van der Waals surface area contributed by atoms with Crippen LogP contribution < -0.4 is 0 Å². The van der Waals surface area contributed by atoms with E-state index in [1.54, 1.807) is 6.20 Å². The monoisotopic (exact) mass is 353 g/mol. The molecular formula is C25H23NO. The molecule has 2 nitrogen and oxygen atoms in total. The van der Waals surface area contributed by atoms with Gasteiger partial charge in [-0.1, -0.05) is 66.7 Å². The summed E-state index contributed by atoms with van der Waals surface area (Å²) in [4.78, 5) is 18.1. The smallest absolute Gasteiger partial charge is 0.170 e. The lowest BCUT2D eigenvalue weighted by Gasteiger charge is -2.42. The first-order chi connectivity index (χ1) is 13.2. The molecule has 1 aliphatic carbocycles. The van der Waals surface area contributed by atoms with Crippen LogP contribution in [0.3, 0.4) is 0 Å². The lowest BCUT2D eigenvalue weighted by molar-refractivity contribution is 0.0725. The number of Topliss-reactive ketones (excluding diaryl/α,β-unsaturated/α-hetero) is 1. The number of aromatic nitrogens is 1. The van der Waals surface area contributed by atoms with E-state index in [1.807, 2.05) is 54.7 Å². The molecule has 4 rings (SSSR count). The average molecular weight is 353 g/mol. The van der Waals surface area contributed by atoms with Crippen LogP contribution in [0.1, 0.15) is 39.4 Å². The first-order valence-corrected chi connectivity index (χ1v) is 9.44. The van der Waals surface area contributed by atoms with Crippen LogP contribution in [-0.4, -0.2) is 10.8 Å². The summed E-state index contributed by atoms with van der Waals surface area (Å²) in [6.45, 7) is 4.11. The SMILES string of the molecule is C=C[C@H](c1cccnc1)[C@]1(Cc2ccccc2)CCc2ccccc2C1=O. The Hall–Kier alpha value is -3.00. The van der Waals surface area contributed by atoms with Gasteiger partial charge in [0, 0.05) is 29.3 Å². The molecule has 3 aromatic rings. The molecule has 2 aromatic carbocycles. The number of carbonyl (C=O) groups is 1. The molecule has 1 aliphatic rings. The van der Waals surface area contributed by atoms with Gasteiger partial charge in [0.05, 0.1) is 0 Å². The topological polar surface area (TPSA) is 30.0 Å². The molecule has 134 valence electrons. The molecular weight excluding hydrogens is 330 g/mol. The molecule has 0 unspecified atom stereocenters. The summed E-state index contributed by atoms with van der Waals surface area (Å²) in [7, 11) is 0. The van der Waals surface area contributed by atoms with Crippen LogP contribution in [0.15, 0.2) is 91.8 Å². The Bertz CT molecular complexity index is 948. The maximum Gasteiger partial charge on any atom is 0.170 e. The average Bonchev–Trinajstić information content (AvgIpc) is 2.73. The fraction of sp³-hybridized carbons (Fsp3) is 0.200. The number of fused-ring (bicyclic) bond motifs is 1. The minimum atomic E-state index is -0.541. The Morgan fingerprint density at radius 3 is 2.56 bits per heavy atom. The predicted octanol–water partition coefficient (Wildman–Crippen LogP) is 5.41. The zero-order chi connectivity index (χ0) is 18.7. The minimum absolute atomic E-state index is 0.0766. The standard InChI is InChI=1S/C25H23NO/c1-2-23(21-12-8-16-26-18-21)25(17-19-9-4-3-5-10-19)15-14-20-11-6-7-13-22(20)24(25)27/h2-13,16,18,23H,1,14-15,17H2/t23-,25-/m1/s1. The molecule has 0 radical (unpaired) electrons. The van der Waals surface area contributed by atoms with Crippen molar-refractivity contribution < 1.29 is 4.79 Å². The maximum atomic E-state index is 13.8. The molecule has 27 heavy (non-hydrogen) atoms. The molecule has 0 aliphatic heterocycles. The molecule has 1 heterocycles. The van der Waals surface area contributed by atoms with E-state index in [-0.39, 0.29) is 11.7 Å². The van der Waals surface area contributed by atoms with Crippen molar-refractivity contribution in [2.45, 2.75) is 25.2 Å². The van der Waals surface area contributed by atoms with Gasteiger partial charge in [-0.05, 0) is 42.0 Å². The summed E-state index contributed by atoms with van der Waals surface area (Å²) in [5.41, 5.74) is 3.70. The van der Waals surface area contributed by atoms with Gasteiger partial charge in [-0.2, -0.15) is 0 Å². The highest BCUT2D eigenvalue weighted by Crippen LogP contribution is 2.48. The van der Waals surface area contributed by atoms with Crippen molar-refractivity contribution >= 4 is 5.78 Å². The number of nitrogens with zero attached hydrogens (tertiary/aromatic N) is 1. The van der Waals surface area contributed by atoms with Crippen LogP contribution in [0.25, 0.3) is 0 Å². The summed E-state index contributed by atoms with van der Waals surface area (Å²) < 4.78 is 0. The summed E-state index contributed by atoms with van der Waals surface area (Å²) in [5, 5.41) is 0. The maximum absolute atomic E-state index is 13.8. The second-order valence-corrected chi connectivity index (χ2v) is 7.30. The van der Waals surface area contributed by atoms with Crippen molar-refractivity contribution in [3.8, 4) is 0 Å². The van der Waals surface area contributed by atoms with Crippen molar-refractivity contribution in [3.63, 3.8) is 0 Å². The number of allylic oxidation sites excluding steroid dienone is 1. The third-order valence-electron chi connectivity index (χ3n) is 5.79. The normalized spacial score (nSPS) is 19.9. The number of rotatable bonds is 5. The van der Waals surface area contributed by atoms with Crippen LogP contribution in [0, 0.1) is 5.41 Å². The third-order valence-corrected chi connectivity index (χ3v) is 5.79. The Morgan fingerprint density at radius 2 is 1.81 bits per heavy atom. The Balaban J connectivity index is 1.86. The number of benzene rings is 2. The van der Waals surface area contributed by atoms with Crippen LogP contribution >= 0.6 is 0 Å². The molecule has 0 N–H and O–H groups in total. The largest absolute Gasteiger partial charge is 0.293 e. The molecule has 0 bridgehead atoms. The van der Waals surface area contributed by atoms with Crippen LogP contribution in [0.4, 0.5) is 0 Å². The molecule has 0 saturated heterocycles. The highest BCUT2D eigenvalue weighted by molar-refractivity contribution is 6.03. The van der Waals surface area contributed by atoms with Gasteiger partial charge in [-0.3, -0.25) is 9.78 Å². The predicted molar refractivity (Wildman–Crippen MR) is 109 cm³/mol. The van der Waals surface area contributed by atoms with E-state index < -0.39 is 5.41 Å². The summed E-state index contributed by atoms with van der Waals surface area (Å²) in [6.07, 6.45) is 7.99. The van der Waals surface area contributed by atoms with Crippen molar-refractivity contribution in [2.24, 2.45) is 5.41 Å². The van der Waals surface area contributed by atoms with Crippen LogP contribution in [-0.2, 0) is 12.8 Å². The Labute approximate surface area is 160 Å². The van der Waals surface area contributed by atoms with E-state index in [0.29, 0.717) is 6.42 Å². The number of aryl methyl sites for hydroxylation is 1. The lowest BCUT2D eigenvalue weighted by atomic mass is 9.59. The second kappa shape index (κ2) is 7.32. The fourth-order valence-corrected chi connectivity index (χ4v) is 4.48. The van der Waals surface area contributed by atoms with Gasteiger partial charge in [-0.25, -0.2) is 0 Å². The molecule has 0 saturated carbocycles. The van der Waals surface area contributed by atoms with Gasteiger partial charge in [0.25, 0.3) is 0 Å². The Morgan fingerprint density at radius 1 is 1.04 bits per heavy atom. The van der Waals surface area contributed by atoms with E-state index in [4.69, 9.17) is 0 Å². The van der Waals surface area contributed by atoms with Gasteiger partial charge in [0.15, 0.2) is 5.78 Å². The fourth-order valence-electron chi connectivity index (χ4n) is 4.48. The van der Waals surface area contributed by atoms with Gasteiger partial charge in [-0.15, -0.1) is 6.58 Å². The van der Waals surface area contributed by atoms with Crippen LogP contribution in [0.5, 0.6) is 0 Å². The van der Waals surface area contributed by atoms with E-state index >= 15 is 0 Å². The summed E-state index contributed by atoms with van der Waals surface area (Å²) in [6, 6.07) is 22.3. The zero-order valence-electron chi connectivity index (χ0n) is 15.3.